The van der Waals surface area contributed by atoms with E-state index in [1.807, 2.05) is 0 Å². The first-order valence-electron chi connectivity index (χ1n) is 14.1. The predicted molar refractivity (Wildman–Crippen MR) is 140 cm³/mol. The molecule has 46 heavy (non-hydrogen) atoms. The maximum atomic E-state index is 12.8. The molecule has 266 valence electrons. The molecule has 0 saturated carbocycles. The molecule has 0 bridgehead atoms. The molecule has 3 rings (SSSR count). The van der Waals surface area contributed by atoms with Crippen LogP contribution < -0.4 is 5.32 Å². The Kier molecular flexibility index (Phi) is 13.1. The summed E-state index contributed by atoms with van der Waals surface area (Å²) in [7, 11) is 0. The minimum Gasteiger partial charge on any atom is -0.477 e. The van der Waals surface area contributed by atoms with Gasteiger partial charge in [-0.3, -0.25) is 9.59 Å². The molecule has 1 amide bonds. The third-order valence-corrected chi connectivity index (χ3v) is 7.76. The lowest BCUT2D eigenvalue weighted by molar-refractivity contribution is -0.385. The van der Waals surface area contributed by atoms with Crippen molar-refractivity contribution in [1.29, 1.82) is 0 Å². The topological polar surface area (TPSA) is 341 Å². The second-order valence-corrected chi connectivity index (χ2v) is 11.1. The summed E-state index contributed by atoms with van der Waals surface area (Å²) in [6, 6.07) is -1.54. The highest BCUT2D eigenvalue weighted by Gasteiger charge is 2.61. The number of ether oxygens (including phenoxy) is 6. The van der Waals surface area contributed by atoms with Crippen molar-refractivity contribution in [3.8, 4) is 0 Å². The van der Waals surface area contributed by atoms with Crippen LogP contribution in [0.4, 0.5) is 0 Å². The highest BCUT2D eigenvalue weighted by Crippen LogP contribution is 2.39. The van der Waals surface area contributed by atoms with E-state index in [0.717, 1.165) is 13.8 Å². The largest absolute Gasteiger partial charge is 0.477 e. The molecule has 21 heteroatoms. The Labute approximate surface area is 260 Å². The van der Waals surface area contributed by atoms with Gasteiger partial charge in [0.1, 0.15) is 73.2 Å². The van der Waals surface area contributed by atoms with Crippen LogP contribution in [0.1, 0.15) is 20.3 Å². The van der Waals surface area contributed by atoms with Crippen molar-refractivity contribution in [2.24, 2.45) is 0 Å². The summed E-state index contributed by atoms with van der Waals surface area (Å²) in [4.78, 5) is 36.8. The molecule has 3 aliphatic heterocycles. The average Bonchev–Trinajstić information content (AvgIpc) is 3.00. The lowest BCUT2D eigenvalue weighted by atomic mass is 9.87. The zero-order valence-electron chi connectivity index (χ0n) is 24.6. The van der Waals surface area contributed by atoms with Gasteiger partial charge in [-0.05, 0) is 0 Å². The van der Waals surface area contributed by atoms with E-state index in [9.17, 15) is 70.6 Å². The monoisotopic (exact) mass is 675 g/mol. The Morgan fingerprint density at radius 2 is 1.52 bits per heavy atom. The molecule has 12 N–H and O–H groups in total. The third kappa shape index (κ3) is 8.08. The Balaban J connectivity index is 2.02. The maximum Gasteiger partial charge on any atom is 0.364 e. The number of hydrogen-bond acceptors (Lipinski definition) is 19. The van der Waals surface area contributed by atoms with E-state index in [1.54, 1.807) is 0 Å². The minimum absolute atomic E-state index is 0.765. The van der Waals surface area contributed by atoms with E-state index in [-0.39, 0.29) is 0 Å². The van der Waals surface area contributed by atoms with Gasteiger partial charge in [0.25, 0.3) is 5.79 Å². The number of hydrogen-bond donors (Lipinski definition) is 12. The lowest BCUT2D eigenvalue weighted by Crippen LogP contribution is -2.71. The number of aliphatic carboxylic acids is 1. The molecular weight excluding hydrogens is 634 g/mol. The van der Waals surface area contributed by atoms with Gasteiger partial charge in [0.15, 0.2) is 12.6 Å². The molecule has 16 atom stereocenters. The highest BCUT2D eigenvalue weighted by molar-refractivity contribution is 5.77. The Hall–Kier alpha value is -2.19. The van der Waals surface area contributed by atoms with Crippen LogP contribution in [0.25, 0.3) is 0 Å². The zero-order chi connectivity index (χ0) is 34.7. The van der Waals surface area contributed by atoms with E-state index in [2.05, 4.69) is 5.32 Å². The van der Waals surface area contributed by atoms with E-state index in [0.29, 0.717) is 0 Å². The molecule has 16 unspecified atom stereocenters. The molecule has 3 fully saturated rings. The van der Waals surface area contributed by atoms with Gasteiger partial charge in [-0.25, -0.2) is 4.79 Å². The van der Waals surface area contributed by atoms with E-state index >= 15 is 0 Å². The number of esters is 1. The third-order valence-electron chi connectivity index (χ3n) is 7.76. The van der Waals surface area contributed by atoms with Crippen LogP contribution in [0.5, 0.6) is 0 Å². The molecule has 0 radical (unpaired) electrons. The van der Waals surface area contributed by atoms with Crippen molar-refractivity contribution in [3.63, 3.8) is 0 Å². The molecule has 0 aromatic rings. The molecule has 0 aliphatic carbocycles. The average molecular weight is 676 g/mol. The van der Waals surface area contributed by atoms with Gasteiger partial charge in [-0.2, -0.15) is 0 Å². The fraction of sp³-hybridized carbons (Fsp3) is 0.880. The Bertz CT molecular complexity index is 1050. The summed E-state index contributed by atoms with van der Waals surface area (Å²) in [6.45, 7) is -0.971. The van der Waals surface area contributed by atoms with Crippen molar-refractivity contribution in [2.45, 2.75) is 118 Å². The fourth-order valence-corrected chi connectivity index (χ4v) is 5.47. The Morgan fingerprint density at radius 1 is 0.891 bits per heavy atom. The van der Waals surface area contributed by atoms with Gasteiger partial charge in [0.2, 0.25) is 5.91 Å². The number of aliphatic hydroxyl groups is 10. The molecule has 3 aliphatic rings. The van der Waals surface area contributed by atoms with Crippen LogP contribution in [-0.2, 0) is 42.8 Å². The highest BCUT2D eigenvalue weighted by atomic mass is 16.8. The molecule has 21 nitrogen and oxygen atoms in total. The van der Waals surface area contributed by atoms with Crippen molar-refractivity contribution in [1.82, 2.24) is 5.32 Å². The van der Waals surface area contributed by atoms with Crippen molar-refractivity contribution < 1.29 is 99.0 Å². The number of carbonyl (C=O) groups excluding carboxylic acids is 2. The second kappa shape index (κ2) is 15.8. The summed E-state index contributed by atoms with van der Waals surface area (Å²) in [6.07, 6.45) is -28.0. The first-order valence-corrected chi connectivity index (χ1v) is 14.1. The van der Waals surface area contributed by atoms with Crippen LogP contribution in [0.3, 0.4) is 0 Å². The Morgan fingerprint density at radius 3 is 2.04 bits per heavy atom. The fourth-order valence-electron chi connectivity index (χ4n) is 5.47. The van der Waals surface area contributed by atoms with Gasteiger partial charge in [0.05, 0.1) is 32.3 Å². The van der Waals surface area contributed by atoms with E-state index in [4.69, 9.17) is 28.4 Å². The number of nitrogens with one attached hydrogen (secondary N) is 1. The van der Waals surface area contributed by atoms with E-state index in [1.165, 1.54) is 0 Å². The van der Waals surface area contributed by atoms with Gasteiger partial charge in [-0.1, -0.05) is 0 Å². The first-order chi connectivity index (χ1) is 21.5. The molecule has 3 saturated heterocycles. The van der Waals surface area contributed by atoms with Crippen molar-refractivity contribution in [3.05, 3.63) is 0 Å². The zero-order valence-corrected chi connectivity index (χ0v) is 24.6. The number of carbonyl (C=O) groups is 3. The number of aliphatic hydroxyl groups excluding tert-OH is 10. The van der Waals surface area contributed by atoms with Crippen molar-refractivity contribution >= 4 is 17.8 Å². The summed E-state index contributed by atoms with van der Waals surface area (Å²) in [5, 5.41) is 115. The molecule has 0 aromatic heterocycles. The quantitative estimate of drug-likeness (QED) is 0.0854. The van der Waals surface area contributed by atoms with Crippen molar-refractivity contribution in [2.75, 3.05) is 19.8 Å². The lowest BCUT2D eigenvalue weighted by Gasteiger charge is -2.51. The molecule has 0 spiro atoms. The number of carboxylic acid groups (broad SMARTS) is 1. The minimum atomic E-state index is -3.06. The smallest absolute Gasteiger partial charge is 0.364 e. The number of amides is 1. The van der Waals surface area contributed by atoms with Gasteiger partial charge in [-0.15, -0.1) is 0 Å². The number of carboxylic acids is 1. The van der Waals surface area contributed by atoms with Gasteiger partial charge < -0.3 is 89.9 Å². The van der Waals surface area contributed by atoms with Gasteiger partial charge in [0, 0.05) is 13.8 Å². The van der Waals surface area contributed by atoms with Crippen LogP contribution >= 0.6 is 0 Å². The second-order valence-electron chi connectivity index (χ2n) is 11.1. The van der Waals surface area contributed by atoms with Gasteiger partial charge >= 0.3 is 11.9 Å². The van der Waals surface area contributed by atoms with E-state index < -0.39 is 142 Å². The summed E-state index contributed by atoms with van der Waals surface area (Å²) in [5.74, 6) is -6.80. The molecular formula is C25H41NO20. The SMILES string of the molecule is CC(=O)NC1C(OC(C)=O)CC(OC2C(O)C(CO)OC(OC3C(CO)OC(O)C(O)C3O)C2O)(C(=O)O)OC1C(O)C(O)CO. The standard InChI is InChI=1S/C25H41NO20/c1-7(30)26-13-10(41-8(2)31)3-25(24(39)40,45-20(13)14(33)9(32)4-27)46-21-15(34)11(5-28)43-23(18(21)37)44-19-12(6-29)42-22(38)17(36)16(19)35/h9-23,27-29,32-38H,3-6H2,1-2H3,(H,26,30)(H,39,40). The molecule has 3 heterocycles. The summed E-state index contributed by atoms with van der Waals surface area (Å²) < 4.78 is 32.4. The summed E-state index contributed by atoms with van der Waals surface area (Å²) in [5.41, 5.74) is 0. The normalized spacial score (nSPS) is 42.9. The molecule has 0 aromatic carbocycles. The summed E-state index contributed by atoms with van der Waals surface area (Å²) >= 11 is 0. The van der Waals surface area contributed by atoms with Crippen LogP contribution in [0.2, 0.25) is 0 Å². The number of rotatable bonds is 12. The first kappa shape index (κ1) is 38.3. The van der Waals surface area contributed by atoms with Crippen LogP contribution in [0, 0.1) is 0 Å². The predicted octanol–water partition coefficient (Wildman–Crippen LogP) is -7.65. The maximum absolute atomic E-state index is 12.8. The van der Waals surface area contributed by atoms with Crippen LogP contribution in [-0.4, -0.2) is 191 Å². The van der Waals surface area contributed by atoms with Crippen LogP contribution in [0.15, 0.2) is 0 Å².